The van der Waals surface area contributed by atoms with Gasteiger partial charge in [0.05, 0.1) is 16.4 Å². The Balaban J connectivity index is 1.77. The molecule has 1 saturated heterocycles. The van der Waals surface area contributed by atoms with Crippen molar-refractivity contribution in [1.29, 1.82) is 0 Å². The topological polar surface area (TPSA) is 63.2 Å². The lowest BCUT2D eigenvalue weighted by Crippen LogP contribution is -2.35. The third-order valence-electron chi connectivity index (χ3n) is 3.22. The zero-order valence-electron chi connectivity index (χ0n) is 10.1. The minimum absolute atomic E-state index is 0.0592. The number of sulfone groups is 1. The molecule has 2 heterocycles. The van der Waals surface area contributed by atoms with Gasteiger partial charge in [-0.2, -0.15) is 0 Å². The molecule has 1 aromatic heterocycles. The number of benzene rings is 1. The molecule has 0 aliphatic carbocycles. The second kappa shape index (κ2) is 4.61. The Labute approximate surface area is 115 Å². The van der Waals surface area contributed by atoms with Crippen molar-refractivity contribution in [2.45, 2.75) is 12.5 Å². The van der Waals surface area contributed by atoms with Crippen LogP contribution in [0, 0.1) is 0 Å². The molecule has 100 valence electrons. The highest BCUT2D eigenvalue weighted by molar-refractivity contribution is 7.91. The van der Waals surface area contributed by atoms with Crippen molar-refractivity contribution < 1.29 is 13.2 Å². The molecule has 6 heteroatoms. The van der Waals surface area contributed by atoms with Crippen LogP contribution < -0.4 is 5.32 Å². The fraction of sp³-hybridized carbons (Fsp3) is 0.308. The van der Waals surface area contributed by atoms with Crippen molar-refractivity contribution in [3.05, 3.63) is 35.2 Å². The molecule has 1 fully saturated rings. The first-order valence-electron chi connectivity index (χ1n) is 6.03. The lowest BCUT2D eigenvalue weighted by Gasteiger charge is -2.08. The standard InChI is InChI=1S/C13H13NO3S2/c15-13(14-10-5-6-19(16,17)8-10)12-7-9-3-1-2-4-11(9)18-12/h1-4,7,10H,5-6,8H2,(H,14,15). The van der Waals surface area contributed by atoms with Crippen LogP contribution in [0.25, 0.3) is 10.1 Å². The molecule has 3 rings (SSSR count). The summed E-state index contributed by atoms with van der Waals surface area (Å²) in [5.41, 5.74) is 0. The average molecular weight is 295 g/mol. The van der Waals surface area contributed by atoms with E-state index in [0.29, 0.717) is 11.3 Å². The highest BCUT2D eigenvalue weighted by Gasteiger charge is 2.29. The molecular weight excluding hydrogens is 282 g/mol. The highest BCUT2D eigenvalue weighted by atomic mass is 32.2. The molecule has 19 heavy (non-hydrogen) atoms. The molecule has 1 unspecified atom stereocenters. The number of carbonyl (C=O) groups is 1. The minimum Gasteiger partial charge on any atom is -0.348 e. The van der Waals surface area contributed by atoms with E-state index in [-0.39, 0.29) is 23.5 Å². The van der Waals surface area contributed by atoms with Crippen molar-refractivity contribution in [3.8, 4) is 0 Å². The Morgan fingerprint density at radius 3 is 2.79 bits per heavy atom. The van der Waals surface area contributed by atoms with Crippen LogP contribution in [-0.4, -0.2) is 31.9 Å². The van der Waals surface area contributed by atoms with Crippen LogP contribution in [0.15, 0.2) is 30.3 Å². The van der Waals surface area contributed by atoms with Crippen LogP contribution in [0.5, 0.6) is 0 Å². The zero-order chi connectivity index (χ0) is 13.5. The predicted octanol–water partition coefficient (Wildman–Crippen LogP) is 1.82. The maximum absolute atomic E-state index is 12.1. The van der Waals surface area contributed by atoms with E-state index < -0.39 is 9.84 Å². The fourth-order valence-electron chi connectivity index (χ4n) is 2.26. The van der Waals surface area contributed by atoms with Gasteiger partial charge in [-0.25, -0.2) is 8.42 Å². The van der Waals surface area contributed by atoms with Crippen LogP contribution in [-0.2, 0) is 9.84 Å². The monoisotopic (exact) mass is 295 g/mol. The normalized spacial score (nSPS) is 21.6. The van der Waals surface area contributed by atoms with Crippen LogP contribution in [0.1, 0.15) is 16.1 Å². The summed E-state index contributed by atoms with van der Waals surface area (Å²) >= 11 is 1.43. The summed E-state index contributed by atoms with van der Waals surface area (Å²) in [7, 11) is -2.96. The molecule has 1 atom stereocenters. The molecule has 1 N–H and O–H groups in total. The number of amides is 1. The van der Waals surface area contributed by atoms with Crippen molar-refractivity contribution >= 4 is 37.2 Å². The zero-order valence-corrected chi connectivity index (χ0v) is 11.8. The predicted molar refractivity (Wildman–Crippen MR) is 76.4 cm³/mol. The summed E-state index contributed by atoms with van der Waals surface area (Å²) in [6.07, 6.45) is 0.513. The van der Waals surface area contributed by atoms with E-state index in [0.717, 1.165) is 10.1 Å². The number of hydrogen-bond acceptors (Lipinski definition) is 4. The van der Waals surface area contributed by atoms with E-state index in [4.69, 9.17) is 0 Å². The molecular formula is C13H13NO3S2. The summed E-state index contributed by atoms with van der Waals surface area (Å²) in [5.74, 6) is 0.0527. The third kappa shape index (κ3) is 2.64. The van der Waals surface area contributed by atoms with Gasteiger partial charge >= 0.3 is 0 Å². The lowest BCUT2D eigenvalue weighted by atomic mass is 10.2. The highest BCUT2D eigenvalue weighted by Crippen LogP contribution is 2.25. The SMILES string of the molecule is O=C(NC1CCS(=O)(=O)C1)c1cc2ccccc2s1. The lowest BCUT2D eigenvalue weighted by molar-refractivity contribution is 0.0945. The van der Waals surface area contributed by atoms with Gasteiger partial charge in [-0.1, -0.05) is 18.2 Å². The number of nitrogens with one attached hydrogen (secondary N) is 1. The average Bonchev–Trinajstić information content (AvgIpc) is 2.92. The molecule has 0 saturated carbocycles. The van der Waals surface area contributed by atoms with Gasteiger partial charge in [0.15, 0.2) is 9.84 Å². The molecule has 4 nitrogen and oxygen atoms in total. The largest absolute Gasteiger partial charge is 0.348 e. The van der Waals surface area contributed by atoms with Gasteiger partial charge in [0, 0.05) is 10.7 Å². The van der Waals surface area contributed by atoms with Crippen LogP contribution >= 0.6 is 11.3 Å². The van der Waals surface area contributed by atoms with E-state index in [1.807, 2.05) is 30.3 Å². The first kappa shape index (κ1) is 12.6. The van der Waals surface area contributed by atoms with E-state index >= 15 is 0 Å². The van der Waals surface area contributed by atoms with Crippen molar-refractivity contribution in [3.63, 3.8) is 0 Å². The first-order valence-corrected chi connectivity index (χ1v) is 8.67. The molecule has 0 spiro atoms. The maximum Gasteiger partial charge on any atom is 0.261 e. The molecule has 1 amide bonds. The summed E-state index contributed by atoms with van der Waals surface area (Å²) in [4.78, 5) is 12.7. The summed E-state index contributed by atoms with van der Waals surface area (Å²) in [6.45, 7) is 0. The summed E-state index contributed by atoms with van der Waals surface area (Å²) in [5, 5.41) is 3.84. The Morgan fingerprint density at radius 2 is 2.11 bits per heavy atom. The van der Waals surface area contributed by atoms with Gasteiger partial charge in [-0.15, -0.1) is 11.3 Å². The minimum atomic E-state index is -2.96. The van der Waals surface area contributed by atoms with Crippen molar-refractivity contribution in [2.24, 2.45) is 0 Å². The second-order valence-corrected chi connectivity index (χ2v) is 8.03. The number of carbonyl (C=O) groups excluding carboxylic acids is 1. The fourth-order valence-corrected chi connectivity index (χ4v) is 4.90. The molecule has 0 radical (unpaired) electrons. The van der Waals surface area contributed by atoms with Gasteiger partial charge in [-0.05, 0) is 23.9 Å². The third-order valence-corrected chi connectivity index (χ3v) is 6.10. The maximum atomic E-state index is 12.1. The van der Waals surface area contributed by atoms with Crippen LogP contribution in [0.3, 0.4) is 0 Å². The van der Waals surface area contributed by atoms with Gasteiger partial charge in [0.1, 0.15) is 0 Å². The first-order chi connectivity index (χ1) is 9.03. The van der Waals surface area contributed by atoms with Crippen molar-refractivity contribution in [2.75, 3.05) is 11.5 Å². The van der Waals surface area contributed by atoms with E-state index in [1.54, 1.807) is 0 Å². The molecule has 1 aromatic carbocycles. The van der Waals surface area contributed by atoms with Gasteiger partial charge < -0.3 is 5.32 Å². The van der Waals surface area contributed by atoms with Crippen LogP contribution in [0.4, 0.5) is 0 Å². The summed E-state index contributed by atoms with van der Waals surface area (Å²) in [6, 6.07) is 9.39. The van der Waals surface area contributed by atoms with Gasteiger partial charge in [0.25, 0.3) is 5.91 Å². The summed E-state index contributed by atoms with van der Waals surface area (Å²) < 4.78 is 23.8. The number of hydrogen-bond donors (Lipinski definition) is 1. The van der Waals surface area contributed by atoms with Gasteiger partial charge in [0.2, 0.25) is 0 Å². The van der Waals surface area contributed by atoms with E-state index in [9.17, 15) is 13.2 Å². The number of rotatable bonds is 2. The van der Waals surface area contributed by atoms with E-state index in [2.05, 4.69) is 5.32 Å². The Bertz CT molecular complexity index is 700. The number of thiophene rings is 1. The molecule has 1 aliphatic rings. The quantitative estimate of drug-likeness (QED) is 0.919. The van der Waals surface area contributed by atoms with E-state index in [1.165, 1.54) is 11.3 Å². The Hall–Kier alpha value is -1.40. The molecule has 2 aromatic rings. The van der Waals surface area contributed by atoms with Gasteiger partial charge in [-0.3, -0.25) is 4.79 Å². The Morgan fingerprint density at radius 1 is 1.32 bits per heavy atom. The second-order valence-electron chi connectivity index (χ2n) is 4.72. The smallest absolute Gasteiger partial charge is 0.261 e. The molecule has 0 bridgehead atoms. The Kier molecular flexibility index (Phi) is 3.06. The van der Waals surface area contributed by atoms with Crippen LogP contribution in [0.2, 0.25) is 0 Å². The van der Waals surface area contributed by atoms with Crippen molar-refractivity contribution in [1.82, 2.24) is 5.32 Å². The number of fused-ring (bicyclic) bond motifs is 1. The molecule has 1 aliphatic heterocycles.